The third-order valence-corrected chi connectivity index (χ3v) is 6.47. The Morgan fingerprint density at radius 3 is 2.00 bits per heavy atom. The van der Waals surface area contributed by atoms with Crippen LogP contribution in [0.25, 0.3) is 0 Å². The first kappa shape index (κ1) is 20.4. The molecular weight excluding hydrogens is 355 g/mol. The first-order valence-corrected chi connectivity index (χ1v) is 9.42. The Hall–Kier alpha value is -1.94. The van der Waals surface area contributed by atoms with E-state index in [4.69, 9.17) is 14.2 Å². The highest BCUT2D eigenvalue weighted by atomic mass is 31.1. The van der Waals surface area contributed by atoms with E-state index in [9.17, 15) is 14.2 Å². The van der Waals surface area contributed by atoms with E-state index in [0.29, 0.717) is 24.3 Å². The van der Waals surface area contributed by atoms with Crippen LogP contribution in [0.1, 0.15) is 49.4 Å². The van der Waals surface area contributed by atoms with Gasteiger partial charge in [0, 0.05) is 0 Å². The fourth-order valence-corrected chi connectivity index (χ4v) is 4.59. The van der Waals surface area contributed by atoms with Gasteiger partial charge in [-0.25, -0.2) is 0 Å². The van der Waals surface area contributed by atoms with Gasteiger partial charge in [0.05, 0.1) is 26.7 Å². The quantitative estimate of drug-likeness (QED) is 0.403. The smallest absolute Gasteiger partial charge is 0.324 e. The van der Waals surface area contributed by atoms with Crippen molar-refractivity contribution in [3.63, 3.8) is 0 Å². The maximum Gasteiger partial charge on any atom is 0.324 e. The molecule has 0 N–H and O–H groups in total. The zero-order valence-electron chi connectivity index (χ0n) is 15.7. The van der Waals surface area contributed by atoms with E-state index in [2.05, 4.69) is 0 Å². The zero-order valence-corrected chi connectivity index (χ0v) is 16.6. The summed E-state index contributed by atoms with van der Waals surface area (Å²) in [5.41, 5.74) is -0.873. The minimum atomic E-state index is -1.48. The lowest BCUT2D eigenvalue weighted by molar-refractivity contribution is -0.147. The summed E-state index contributed by atoms with van der Waals surface area (Å²) < 4.78 is 27.8. The highest BCUT2D eigenvalue weighted by Gasteiger charge is 2.60. The predicted octanol–water partition coefficient (Wildman–Crippen LogP) is 4.06. The predicted molar refractivity (Wildman–Crippen MR) is 97.4 cm³/mol. The summed E-state index contributed by atoms with van der Waals surface area (Å²) in [5.74, 6) is -0.204. The Morgan fingerprint density at radius 2 is 1.58 bits per heavy atom. The molecule has 6 nitrogen and oxygen atoms in total. The van der Waals surface area contributed by atoms with Gasteiger partial charge in [-0.1, -0.05) is 25.3 Å². The molecule has 1 aliphatic carbocycles. The molecule has 1 fully saturated rings. The largest absolute Gasteiger partial charge is 0.496 e. The van der Waals surface area contributed by atoms with Crippen LogP contribution in [-0.4, -0.2) is 38.2 Å². The van der Waals surface area contributed by atoms with E-state index in [0.717, 1.165) is 19.3 Å². The lowest BCUT2D eigenvalue weighted by atomic mass is 9.61. The molecule has 26 heavy (non-hydrogen) atoms. The topological polar surface area (TPSA) is 78.9 Å². The molecule has 2 rings (SSSR count). The van der Waals surface area contributed by atoms with Gasteiger partial charge in [-0.2, -0.15) is 0 Å². The van der Waals surface area contributed by atoms with Crippen molar-refractivity contribution in [2.75, 3.05) is 21.3 Å². The number of methoxy groups -OCH3 is 3. The number of rotatable bonds is 7. The molecule has 0 saturated heterocycles. The van der Waals surface area contributed by atoms with Crippen molar-refractivity contribution in [1.82, 2.24) is 0 Å². The van der Waals surface area contributed by atoms with E-state index in [-0.39, 0.29) is 11.3 Å². The molecule has 0 spiro atoms. The third-order valence-electron chi connectivity index (χ3n) is 5.49. The van der Waals surface area contributed by atoms with Gasteiger partial charge >= 0.3 is 5.97 Å². The number of hydrogen-bond acceptors (Lipinski definition) is 6. The number of Topliss-reactive ketones (excluding diaryl/α,β-unsaturated/α-hetero) is 1. The van der Waals surface area contributed by atoms with E-state index < -0.39 is 25.0 Å². The number of ketones is 1. The van der Waals surface area contributed by atoms with Crippen molar-refractivity contribution >= 4 is 20.2 Å². The molecule has 7 heteroatoms. The molecule has 0 amide bonds. The number of carbonyl (C=O) groups is 2. The summed E-state index contributed by atoms with van der Waals surface area (Å²) >= 11 is 0. The van der Waals surface area contributed by atoms with Gasteiger partial charge in [-0.05, 0) is 31.9 Å². The van der Waals surface area contributed by atoms with Crippen molar-refractivity contribution in [2.24, 2.45) is 5.41 Å². The number of esters is 1. The van der Waals surface area contributed by atoms with Crippen LogP contribution in [0.3, 0.4) is 0 Å². The molecular formula is C19H25O6P. The summed E-state index contributed by atoms with van der Waals surface area (Å²) in [6.45, 7) is 1.54. The Balaban J connectivity index is 2.71. The number of carbonyl (C=O) groups excluding carboxylic acids is 2. The van der Waals surface area contributed by atoms with Crippen LogP contribution in [0, 0.1) is 5.41 Å². The average molecular weight is 380 g/mol. The first-order chi connectivity index (χ1) is 12.4. The second-order valence-electron chi connectivity index (χ2n) is 6.66. The Morgan fingerprint density at radius 1 is 1.04 bits per heavy atom. The van der Waals surface area contributed by atoms with E-state index in [1.54, 1.807) is 25.1 Å². The lowest BCUT2D eigenvalue weighted by Crippen LogP contribution is -2.54. The van der Waals surface area contributed by atoms with Crippen LogP contribution < -0.4 is 9.47 Å². The Labute approximate surface area is 155 Å². The second kappa shape index (κ2) is 8.17. The van der Waals surface area contributed by atoms with Gasteiger partial charge in [0.2, 0.25) is 0 Å². The molecule has 1 saturated carbocycles. The van der Waals surface area contributed by atoms with Crippen LogP contribution in [0.15, 0.2) is 18.2 Å². The van der Waals surface area contributed by atoms with Gasteiger partial charge in [0.15, 0.2) is 19.4 Å². The van der Waals surface area contributed by atoms with Crippen molar-refractivity contribution in [3.05, 3.63) is 23.8 Å². The van der Waals surface area contributed by atoms with Gasteiger partial charge in [-0.15, -0.1) is 0 Å². The van der Waals surface area contributed by atoms with Crippen molar-refractivity contribution in [2.45, 2.75) is 44.2 Å². The fourth-order valence-electron chi connectivity index (χ4n) is 3.92. The Kier molecular flexibility index (Phi) is 6.40. The number of hydrogen-bond donors (Lipinski definition) is 0. The van der Waals surface area contributed by atoms with E-state index in [1.165, 1.54) is 21.3 Å². The van der Waals surface area contributed by atoms with Gasteiger partial charge in [-0.3, -0.25) is 14.2 Å². The van der Waals surface area contributed by atoms with Gasteiger partial charge in [0.1, 0.15) is 17.1 Å². The molecule has 0 heterocycles. The molecule has 0 aromatic heterocycles. The maximum atomic E-state index is 13.8. The molecule has 1 unspecified atom stereocenters. The summed E-state index contributed by atoms with van der Waals surface area (Å²) in [4.78, 5) is 26.4. The van der Waals surface area contributed by atoms with Crippen LogP contribution in [0.4, 0.5) is 0 Å². The average Bonchev–Trinajstić information content (AvgIpc) is 2.71. The van der Waals surface area contributed by atoms with Crippen LogP contribution in [0.5, 0.6) is 11.5 Å². The zero-order chi connectivity index (χ0) is 19.4. The number of ether oxygens (including phenoxy) is 3. The number of benzene rings is 1. The van der Waals surface area contributed by atoms with Crippen molar-refractivity contribution in [3.8, 4) is 11.5 Å². The SMILES string of the molecule is COC(=O)C(C)(P=O)C1(C(=O)c2c(OC)cccc2OC)CCCCC1. The van der Waals surface area contributed by atoms with Crippen LogP contribution in [-0.2, 0) is 14.1 Å². The highest BCUT2D eigenvalue weighted by molar-refractivity contribution is 7.28. The molecule has 142 valence electrons. The fraction of sp³-hybridized carbons (Fsp3) is 0.579. The van der Waals surface area contributed by atoms with Crippen LogP contribution >= 0.6 is 8.46 Å². The minimum absolute atomic E-state index is 0.276. The molecule has 1 aliphatic rings. The maximum absolute atomic E-state index is 13.8. The molecule has 1 atom stereocenters. The second-order valence-corrected chi connectivity index (χ2v) is 7.74. The summed E-state index contributed by atoms with van der Waals surface area (Å²) in [6, 6.07) is 5.08. The molecule has 1 aromatic carbocycles. The monoisotopic (exact) mass is 380 g/mol. The van der Waals surface area contributed by atoms with Crippen molar-refractivity contribution in [1.29, 1.82) is 0 Å². The van der Waals surface area contributed by atoms with Gasteiger partial charge < -0.3 is 14.2 Å². The summed E-state index contributed by atoms with van der Waals surface area (Å²) in [5, 5.41) is -1.48. The molecule has 0 radical (unpaired) electrons. The van der Waals surface area contributed by atoms with Crippen LogP contribution in [0.2, 0.25) is 0 Å². The standard InChI is InChI=1S/C19H25O6P/c1-18(26-22,17(21)25-4)19(11-6-5-7-12-19)16(20)15-13(23-2)9-8-10-14(15)24-3/h8-10H,5-7,11-12H2,1-4H3. The summed E-state index contributed by atoms with van der Waals surface area (Å²) in [6.07, 6.45) is 3.41. The highest BCUT2D eigenvalue weighted by Crippen LogP contribution is 2.55. The minimum Gasteiger partial charge on any atom is -0.496 e. The Bertz CT molecular complexity index is 673. The van der Waals surface area contributed by atoms with E-state index >= 15 is 0 Å². The third kappa shape index (κ3) is 3.11. The molecule has 1 aromatic rings. The van der Waals surface area contributed by atoms with Gasteiger partial charge in [0.25, 0.3) is 0 Å². The molecule has 0 aliphatic heterocycles. The first-order valence-electron chi connectivity index (χ1n) is 8.60. The lowest BCUT2D eigenvalue weighted by Gasteiger charge is -2.44. The summed E-state index contributed by atoms with van der Waals surface area (Å²) in [7, 11) is 3.76. The molecule has 0 bridgehead atoms. The van der Waals surface area contributed by atoms with E-state index in [1.807, 2.05) is 0 Å². The normalized spacial score (nSPS) is 18.6. The van der Waals surface area contributed by atoms with Crippen molar-refractivity contribution < 1.29 is 28.4 Å².